The molecule has 1 aromatic carbocycles. The highest BCUT2D eigenvalue weighted by molar-refractivity contribution is 5.97. The average Bonchev–Trinajstić information content (AvgIpc) is 2.88. The van der Waals surface area contributed by atoms with Gasteiger partial charge in [-0.05, 0) is 32.8 Å². The van der Waals surface area contributed by atoms with E-state index in [-0.39, 0.29) is 24.2 Å². The number of nitro groups is 1. The van der Waals surface area contributed by atoms with Crippen LogP contribution in [-0.2, 0) is 11.2 Å². The van der Waals surface area contributed by atoms with E-state index in [0.717, 1.165) is 5.56 Å². The maximum Gasteiger partial charge on any atom is 0.271 e. The number of benzene rings is 1. The molecule has 0 aromatic heterocycles. The van der Waals surface area contributed by atoms with E-state index in [1.165, 1.54) is 12.1 Å². The van der Waals surface area contributed by atoms with Crippen LogP contribution in [0.15, 0.2) is 18.2 Å². The van der Waals surface area contributed by atoms with Gasteiger partial charge in [0, 0.05) is 31.3 Å². The SMILES string of the molecule is CC(O)CN(CC(=O)N1CCc2ccc([N+](=O)[O-])cc21)C(C)C. The lowest BCUT2D eigenvalue weighted by molar-refractivity contribution is -0.384. The van der Waals surface area contributed by atoms with Crippen molar-refractivity contribution < 1.29 is 14.8 Å². The Morgan fingerprint density at radius 3 is 2.70 bits per heavy atom. The van der Waals surface area contributed by atoms with E-state index in [4.69, 9.17) is 0 Å². The summed E-state index contributed by atoms with van der Waals surface area (Å²) < 4.78 is 0. The minimum Gasteiger partial charge on any atom is -0.392 e. The van der Waals surface area contributed by atoms with Crippen molar-refractivity contribution in [3.8, 4) is 0 Å². The summed E-state index contributed by atoms with van der Waals surface area (Å²) in [5.74, 6) is -0.0985. The first-order valence-electron chi connectivity index (χ1n) is 7.79. The Balaban J connectivity index is 2.16. The first kappa shape index (κ1) is 17.4. The Morgan fingerprint density at radius 1 is 1.43 bits per heavy atom. The highest BCUT2D eigenvalue weighted by Crippen LogP contribution is 2.31. The van der Waals surface area contributed by atoms with Gasteiger partial charge in [0.1, 0.15) is 0 Å². The van der Waals surface area contributed by atoms with Crippen molar-refractivity contribution in [1.29, 1.82) is 0 Å². The standard InChI is InChI=1S/C16H23N3O4/c1-11(2)17(9-12(3)20)10-16(21)18-7-6-13-4-5-14(19(22)23)8-15(13)18/h4-5,8,11-12,20H,6-7,9-10H2,1-3H3. The van der Waals surface area contributed by atoms with Crippen LogP contribution in [-0.4, -0.2) is 52.6 Å². The van der Waals surface area contributed by atoms with Gasteiger partial charge in [0.2, 0.25) is 5.91 Å². The molecule has 126 valence electrons. The summed E-state index contributed by atoms with van der Waals surface area (Å²) in [6.45, 7) is 6.77. The van der Waals surface area contributed by atoms with E-state index in [1.54, 1.807) is 17.9 Å². The van der Waals surface area contributed by atoms with Crippen molar-refractivity contribution in [3.05, 3.63) is 33.9 Å². The molecule has 0 radical (unpaired) electrons. The quantitative estimate of drug-likeness (QED) is 0.635. The third-order valence-corrected chi connectivity index (χ3v) is 4.04. The fourth-order valence-corrected chi connectivity index (χ4v) is 2.80. The number of rotatable bonds is 6. The lowest BCUT2D eigenvalue weighted by atomic mass is 10.1. The molecule has 1 aliphatic heterocycles. The molecule has 1 atom stereocenters. The molecule has 2 rings (SSSR count). The number of anilines is 1. The van der Waals surface area contributed by atoms with Crippen LogP contribution in [0.25, 0.3) is 0 Å². The summed E-state index contributed by atoms with van der Waals surface area (Å²) in [4.78, 5) is 26.6. The number of non-ortho nitro benzene ring substituents is 1. The van der Waals surface area contributed by atoms with E-state index in [0.29, 0.717) is 25.2 Å². The lowest BCUT2D eigenvalue weighted by Gasteiger charge is -2.29. The minimum atomic E-state index is -0.517. The van der Waals surface area contributed by atoms with Gasteiger partial charge in [-0.2, -0.15) is 0 Å². The first-order valence-corrected chi connectivity index (χ1v) is 7.79. The molecule has 7 heteroatoms. The molecule has 0 bridgehead atoms. The van der Waals surface area contributed by atoms with Crippen LogP contribution in [0.3, 0.4) is 0 Å². The summed E-state index contributed by atoms with van der Waals surface area (Å²) in [7, 11) is 0. The van der Waals surface area contributed by atoms with Crippen LogP contribution < -0.4 is 4.90 Å². The summed E-state index contributed by atoms with van der Waals surface area (Å²) in [5.41, 5.74) is 1.58. The molecule has 0 aliphatic carbocycles. The number of hydrogen-bond acceptors (Lipinski definition) is 5. The summed E-state index contributed by atoms with van der Waals surface area (Å²) in [5, 5.41) is 20.5. The zero-order valence-electron chi connectivity index (χ0n) is 13.7. The third-order valence-electron chi connectivity index (χ3n) is 4.04. The number of nitro benzene ring substituents is 1. The fourth-order valence-electron chi connectivity index (χ4n) is 2.80. The van der Waals surface area contributed by atoms with Gasteiger partial charge in [-0.25, -0.2) is 0 Å². The van der Waals surface area contributed by atoms with Crippen molar-refractivity contribution in [3.63, 3.8) is 0 Å². The molecule has 1 unspecified atom stereocenters. The van der Waals surface area contributed by atoms with Crippen molar-refractivity contribution >= 4 is 17.3 Å². The minimum absolute atomic E-state index is 0.00635. The Kier molecular flexibility index (Phi) is 5.33. The smallest absolute Gasteiger partial charge is 0.271 e. The van der Waals surface area contributed by atoms with Gasteiger partial charge in [0.25, 0.3) is 5.69 Å². The molecular formula is C16H23N3O4. The van der Waals surface area contributed by atoms with Gasteiger partial charge >= 0.3 is 0 Å². The van der Waals surface area contributed by atoms with Gasteiger partial charge in [0.15, 0.2) is 0 Å². The monoisotopic (exact) mass is 321 g/mol. The van der Waals surface area contributed by atoms with Crippen LogP contribution >= 0.6 is 0 Å². The van der Waals surface area contributed by atoms with Gasteiger partial charge < -0.3 is 10.0 Å². The Bertz CT molecular complexity index is 601. The average molecular weight is 321 g/mol. The predicted octanol–water partition coefficient (Wildman–Crippen LogP) is 1.58. The maximum absolute atomic E-state index is 12.6. The molecule has 1 aromatic rings. The van der Waals surface area contributed by atoms with Crippen LogP contribution in [0.2, 0.25) is 0 Å². The van der Waals surface area contributed by atoms with Crippen molar-refractivity contribution in [2.24, 2.45) is 0 Å². The zero-order valence-corrected chi connectivity index (χ0v) is 13.7. The maximum atomic E-state index is 12.6. The summed E-state index contributed by atoms with van der Waals surface area (Å²) >= 11 is 0. The highest BCUT2D eigenvalue weighted by Gasteiger charge is 2.28. The molecule has 1 aliphatic rings. The van der Waals surface area contributed by atoms with E-state index < -0.39 is 11.0 Å². The van der Waals surface area contributed by atoms with Crippen molar-refractivity contribution in [1.82, 2.24) is 4.90 Å². The topological polar surface area (TPSA) is 86.9 Å². The first-order chi connectivity index (χ1) is 10.8. The number of hydrogen-bond donors (Lipinski definition) is 1. The van der Waals surface area contributed by atoms with Crippen molar-refractivity contribution in [2.75, 3.05) is 24.5 Å². The second-order valence-corrected chi connectivity index (χ2v) is 6.24. The number of amides is 1. The van der Waals surface area contributed by atoms with E-state index >= 15 is 0 Å². The summed E-state index contributed by atoms with van der Waals surface area (Å²) in [6, 6.07) is 4.78. The Hall–Kier alpha value is -1.99. The van der Waals surface area contributed by atoms with E-state index in [9.17, 15) is 20.0 Å². The van der Waals surface area contributed by atoms with E-state index in [2.05, 4.69) is 0 Å². The van der Waals surface area contributed by atoms with E-state index in [1.807, 2.05) is 18.7 Å². The third kappa shape index (κ3) is 4.05. The molecule has 1 N–H and O–H groups in total. The molecule has 0 saturated heterocycles. The normalized spacial score (nSPS) is 15.1. The second-order valence-electron chi connectivity index (χ2n) is 6.24. The molecule has 0 saturated carbocycles. The van der Waals surface area contributed by atoms with Gasteiger partial charge in [-0.15, -0.1) is 0 Å². The molecule has 1 heterocycles. The van der Waals surface area contributed by atoms with Gasteiger partial charge in [-0.3, -0.25) is 19.8 Å². The number of carbonyl (C=O) groups excluding carboxylic acids is 1. The Morgan fingerprint density at radius 2 is 2.13 bits per heavy atom. The Labute approximate surface area is 135 Å². The predicted molar refractivity (Wildman–Crippen MR) is 87.5 cm³/mol. The van der Waals surface area contributed by atoms with Gasteiger partial charge in [-0.1, -0.05) is 6.07 Å². The number of aliphatic hydroxyl groups is 1. The fraction of sp³-hybridized carbons (Fsp3) is 0.562. The zero-order chi connectivity index (χ0) is 17.1. The number of fused-ring (bicyclic) bond motifs is 1. The van der Waals surface area contributed by atoms with Crippen LogP contribution in [0, 0.1) is 10.1 Å². The largest absolute Gasteiger partial charge is 0.392 e. The second kappa shape index (κ2) is 7.06. The number of nitrogens with zero attached hydrogens (tertiary/aromatic N) is 3. The molecule has 23 heavy (non-hydrogen) atoms. The van der Waals surface area contributed by atoms with Crippen LogP contribution in [0.1, 0.15) is 26.3 Å². The lowest BCUT2D eigenvalue weighted by Crippen LogP contribution is -2.45. The summed E-state index contributed by atoms with van der Waals surface area (Å²) in [6.07, 6.45) is 0.189. The highest BCUT2D eigenvalue weighted by atomic mass is 16.6. The molecular weight excluding hydrogens is 298 g/mol. The molecule has 1 amide bonds. The van der Waals surface area contributed by atoms with Gasteiger partial charge in [0.05, 0.1) is 23.3 Å². The number of aliphatic hydroxyl groups excluding tert-OH is 1. The van der Waals surface area contributed by atoms with Crippen molar-refractivity contribution in [2.45, 2.75) is 39.3 Å². The molecule has 0 spiro atoms. The van der Waals surface area contributed by atoms with Crippen LogP contribution in [0.5, 0.6) is 0 Å². The number of carbonyl (C=O) groups is 1. The molecule has 7 nitrogen and oxygen atoms in total. The van der Waals surface area contributed by atoms with Crippen LogP contribution in [0.4, 0.5) is 11.4 Å². The molecule has 0 fully saturated rings.